The Labute approximate surface area is 87.9 Å². The second-order valence-electron chi connectivity index (χ2n) is 3.70. The van der Waals surface area contributed by atoms with Crippen LogP contribution in [0.1, 0.15) is 24.0 Å². The molecule has 2 heterocycles. The summed E-state index contributed by atoms with van der Waals surface area (Å²) in [5, 5.41) is 0. The molecule has 0 aromatic carbocycles. The first-order valence-electron chi connectivity index (χ1n) is 4.65. The summed E-state index contributed by atoms with van der Waals surface area (Å²) >= 11 is 0. The van der Waals surface area contributed by atoms with Crippen molar-refractivity contribution in [3.05, 3.63) is 11.6 Å². The maximum Gasteiger partial charge on any atom is 0.223 e. The lowest BCUT2D eigenvalue weighted by Crippen LogP contribution is -2.11. The summed E-state index contributed by atoms with van der Waals surface area (Å²) in [5.41, 5.74) is 5.48. The van der Waals surface area contributed by atoms with E-state index in [2.05, 4.69) is 15.0 Å². The van der Waals surface area contributed by atoms with Gasteiger partial charge >= 0.3 is 0 Å². The van der Waals surface area contributed by atoms with Gasteiger partial charge in [-0.2, -0.15) is 9.97 Å². The lowest BCUT2D eigenvalue weighted by molar-refractivity contribution is 0.601. The van der Waals surface area contributed by atoms with Gasteiger partial charge in [-0.15, -0.1) is 0 Å². The quantitative estimate of drug-likeness (QED) is 0.706. The van der Waals surface area contributed by atoms with Crippen LogP contribution in [-0.4, -0.2) is 34.9 Å². The Morgan fingerprint density at radius 1 is 1.33 bits per heavy atom. The molecule has 0 bridgehead atoms. The Bertz CT molecular complexity index is 465. The van der Waals surface area contributed by atoms with Crippen LogP contribution in [0.4, 0.5) is 5.95 Å². The van der Waals surface area contributed by atoms with Crippen LogP contribution in [0.15, 0.2) is 0 Å². The lowest BCUT2D eigenvalue weighted by Gasteiger charge is -2.06. The molecule has 7 heteroatoms. The van der Waals surface area contributed by atoms with Crippen LogP contribution in [0.2, 0.25) is 0 Å². The maximum absolute atomic E-state index is 11.3. The zero-order chi connectivity index (χ0) is 11.1. The highest BCUT2D eigenvalue weighted by molar-refractivity contribution is 7.91. The van der Waals surface area contributed by atoms with E-state index in [1.54, 1.807) is 6.92 Å². The number of nitrogens with zero attached hydrogens (tertiary/aromatic N) is 3. The molecule has 1 aromatic rings. The van der Waals surface area contributed by atoms with Crippen LogP contribution in [-0.2, 0) is 9.84 Å². The predicted octanol–water partition coefficient (Wildman–Crippen LogP) is -0.336. The Morgan fingerprint density at radius 2 is 2.07 bits per heavy atom. The third-order valence-corrected chi connectivity index (χ3v) is 4.15. The fraction of sp³-hybridized carbons (Fsp3) is 0.625. The highest BCUT2D eigenvalue weighted by Gasteiger charge is 2.31. The van der Waals surface area contributed by atoms with Gasteiger partial charge in [0.15, 0.2) is 9.84 Å². The van der Waals surface area contributed by atoms with E-state index in [9.17, 15) is 8.42 Å². The minimum atomic E-state index is -2.91. The summed E-state index contributed by atoms with van der Waals surface area (Å²) in [6.07, 6.45) is 0.575. The maximum atomic E-state index is 11.3. The monoisotopic (exact) mass is 228 g/mol. The SMILES string of the molecule is Cc1nc(N)nc(C2CCS(=O)(=O)C2)n1. The highest BCUT2D eigenvalue weighted by atomic mass is 32.2. The summed E-state index contributed by atoms with van der Waals surface area (Å²) in [6.45, 7) is 1.71. The highest BCUT2D eigenvalue weighted by Crippen LogP contribution is 2.26. The molecule has 1 unspecified atom stereocenters. The number of anilines is 1. The first-order valence-corrected chi connectivity index (χ1v) is 6.47. The molecule has 1 aliphatic heterocycles. The van der Waals surface area contributed by atoms with E-state index in [1.165, 1.54) is 0 Å². The van der Waals surface area contributed by atoms with Crippen molar-refractivity contribution >= 4 is 15.8 Å². The topological polar surface area (TPSA) is 98.8 Å². The molecule has 1 fully saturated rings. The Kier molecular flexibility index (Phi) is 2.34. The Balaban J connectivity index is 2.31. The standard InChI is InChI=1S/C8H12N4O2S/c1-5-10-7(12-8(9)11-5)6-2-3-15(13,14)4-6/h6H,2-4H2,1H3,(H2,9,10,11,12). The van der Waals surface area contributed by atoms with Crippen LogP contribution in [0.5, 0.6) is 0 Å². The molecule has 15 heavy (non-hydrogen) atoms. The molecule has 82 valence electrons. The third-order valence-electron chi connectivity index (χ3n) is 2.38. The van der Waals surface area contributed by atoms with Gasteiger partial charge in [-0.05, 0) is 13.3 Å². The fourth-order valence-corrected chi connectivity index (χ4v) is 3.44. The van der Waals surface area contributed by atoms with E-state index in [0.29, 0.717) is 18.1 Å². The van der Waals surface area contributed by atoms with E-state index < -0.39 is 9.84 Å². The number of nitrogen functional groups attached to an aromatic ring is 1. The van der Waals surface area contributed by atoms with Gasteiger partial charge in [0.05, 0.1) is 11.5 Å². The summed E-state index contributed by atoms with van der Waals surface area (Å²) < 4.78 is 22.6. The fourth-order valence-electron chi connectivity index (χ4n) is 1.71. The van der Waals surface area contributed by atoms with Crippen molar-refractivity contribution in [2.45, 2.75) is 19.3 Å². The second kappa shape index (κ2) is 3.41. The van der Waals surface area contributed by atoms with Gasteiger partial charge in [-0.25, -0.2) is 13.4 Å². The third kappa shape index (κ3) is 2.23. The van der Waals surface area contributed by atoms with Crippen molar-refractivity contribution in [3.63, 3.8) is 0 Å². The number of nitrogens with two attached hydrogens (primary N) is 1. The van der Waals surface area contributed by atoms with Crippen LogP contribution in [0.3, 0.4) is 0 Å². The molecule has 0 saturated carbocycles. The summed E-state index contributed by atoms with van der Waals surface area (Å²) in [7, 11) is -2.91. The van der Waals surface area contributed by atoms with Crippen LogP contribution in [0.25, 0.3) is 0 Å². The van der Waals surface area contributed by atoms with Gasteiger partial charge in [-0.3, -0.25) is 0 Å². The first-order chi connectivity index (χ1) is 6.96. The molecule has 1 saturated heterocycles. The van der Waals surface area contributed by atoms with Crippen molar-refractivity contribution in [2.75, 3.05) is 17.2 Å². The van der Waals surface area contributed by atoms with Crippen LogP contribution in [0, 0.1) is 6.92 Å². The van der Waals surface area contributed by atoms with E-state index >= 15 is 0 Å². The van der Waals surface area contributed by atoms with E-state index in [0.717, 1.165) is 0 Å². The van der Waals surface area contributed by atoms with Gasteiger partial charge in [0, 0.05) is 5.92 Å². The summed E-state index contributed by atoms with van der Waals surface area (Å²) in [5.74, 6) is 1.39. The number of aryl methyl sites for hydroxylation is 1. The van der Waals surface area contributed by atoms with Crippen LogP contribution < -0.4 is 5.73 Å². The zero-order valence-corrected chi connectivity index (χ0v) is 9.16. The van der Waals surface area contributed by atoms with Gasteiger partial charge in [0.25, 0.3) is 0 Å². The molecule has 1 aliphatic rings. The van der Waals surface area contributed by atoms with E-state index in [-0.39, 0.29) is 23.4 Å². The largest absolute Gasteiger partial charge is 0.368 e. The molecular weight excluding hydrogens is 216 g/mol. The van der Waals surface area contributed by atoms with Gasteiger partial charge in [0.1, 0.15) is 11.6 Å². The van der Waals surface area contributed by atoms with Gasteiger partial charge in [-0.1, -0.05) is 0 Å². The number of hydrogen-bond acceptors (Lipinski definition) is 6. The average Bonchev–Trinajstić information content (AvgIpc) is 2.44. The van der Waals surface area contributed by atoms with E-state index in [4.69, 9.17) is 5.73 Å². The minimum absolute atomic E-state index is 0.121. The number of sulfone groups is 1. The van der Waals surface area contributed by atoms with Crippen molar-refractivity contribution in [2.24, 2.45) is 0 Å². The number of rotatable bonds is 1. The molecule has 6 nitrogen and oxygen atoms in total. The summed E-state index contributed by atoms with van der Waals surface area (Å²) in [4.78, 5) is 11.9. The molecule has 2 N–H and O–H groups in total. The molecule has 0 radical (unpaired) electrons. The average molecular weight is 228 g/mol. The van der Waals surface area contributed by atoms with E-state index in [1.807, 2.05) is 0 Å². The molecule has 2 rings (SSSR count). The summed E-state index contributed by atoms with van der Waals surface area (Å²) in [6, 6.07) is 0. The second-order valence-corrected chi connectivity index (χ2v) is 5.93. The predicted molar refractivity (Wildman–Crippen MR) is 55.0 cm³/mol. The number of aromatic nitrogens is 3. The molecule has 0 aliphatic carbocycles. The zero-order valence-electron chi connectivity index (χ0n) is 8.34. The van der Waals surface area contributed by atoms with Crippen molar-refractivity contribution < 1.29 is 8.42 Å². The smallest absolute Gasteiger partial charge is 0.223 e. The molecule has 0 spiro atoms. The lowest BCUT2D eigenvalue weighted by atomic mass is 10.1. The van der Waals surface area contributed by atoms with Crippen molar-refractivity contribution in [3.8, 4) is 0 Å². The Morgan fingerprint density at radius 3 is 2.60 bits per heavy atom. The number of hydrogen-bond donors (Lipinski definition) is 1. The van der Waals surface area contributed by atoms with Gasteiger partial charge < -0.3 is 5.73 Å². The molecular formula is C8H12N4O2S. The normalized spacial score (nSPS) is 24.2. The first kappa shape index (κ1) is 10.3. The molecule has 1 atom stereocenters. The van der Waals surface area contributed by atoms with Crippen LogP contribution >= 0.6 is 0 Å². The van der Waals surface area contributed by atoms with Crippen molar-refractivity contribution in [1.82, 2.24) is 15.0 Å². The molecule has 1 aromatic heterocycles. The van der Waals surface area contributed by atoms with Gasteiger partial charge in [0.2, 0.25) is 5.95 Å². The Hall–Kier alpha value is -1.24. The minimum Gasteiger partial charge on any atom is -0.368 e. The molecule has 0 amide bonds. The van der Waals surface area contributed by atoms with Crippen molar-refractivity contribution in [1.29, 1.82) is 0 Å².